The average molecular weight is 345 g/mol. The predicted octanol–water partition coefficient (Wildman–Crippen LogP) is 3.70. The van der Waals surface area contributed by atoms with Gasteiger partial charge in [-0.3, -0.25) is 9.19 Å². The third-order valence-electron chi connectivity index (χ3n) is 3.57. The number of rotatable bonds is 5. The molecule has 124 valence electrons. The summed E-state index contributed by atoms with van der Waals surface area (Å²) >= 11 is 0. The van der Waals surface area contributed by atoms with Gasteiger partial charge in [0.05, 0.1) is 12.6 Å². The van der Waals surface area contributed by atoms with Gasteiger partial charge in [0.15, 0.2) is 0 Å². The van der Waals surface area contributed by atoms with E-state index in [2.05, 4.69) is 4.98 Å². The van der Waals surface area contributed by atoms with Crippen LogP contribution in [0.25, 0.3) is 10.9 Å². The summed E-state index contributed by atoms with van der Waals surface area (Å²) in [5.74, 6) is 0.934. The summed E-state index contributed by atoms with van der Waals surface area (Å²) in [6.07, 6.45) is 3.17. The molecule has 3 aromatic rings. The normalized spacial score (nSPS) is 12.1. The number of hydrogen-bond acceptors (Lipinski definition) is 4. The number of fused-ring (bicyclic) bond motifs is 1. The van der Waals surface area contributed by atoms with Crippen LogP contribution in [0.1, 0.15) is 5.56 Å². The lowest BCUT2D eigenvalue weighted by Gasteiger charge is -2.10. The van der Waals surface area contributed by atoms with E-state index >= 15 is 0 Å². The van der Waals surface area contributed by atoms with Crippen molar-refractivity contribution in [2.45, 2.75) is 11.5 Å². The number of hydrogen-bond donors (Lipinski definition) is 0. The van der Waals surface area contributed by atoms with E-state index in [9.17, 15) is 8.60 Å². The molecule has 6 heteroatoms. The zero-order valence-electron chi connectivity index (χ0n) is 13.3. The van der Waals surface area contributed by atoms with Crippen LogP contribution in [0.5, 0.6) is 11.5 Å². The van der Waals surface area contributed by atoms with Gasteiger partial charge in [0.1, 0.15) is 23.9 Å². The van der Waals surface area contributed by atoms with E-state index in [1.807, 2.05) is 18.2 Å². The van der Waals surface area contributed by atoms with Crippen molar-refractivity contribution in [1.29, 1.82) is 0 Å². The van der Waals surface area contributed by atoms with E-state index in [4.69, 9.17) is 9.47 Å². The van der Waals surface area contributed by atoms with Crippen LogP contribution in [0.3, 0.4) is 0 Å². The molecule has 0 N–H and O–H groups in total. The summed E-state index contributed by atoms with van der Waals surface area (Å²) in [6, 6.07) is 11.6. The standard InChI is InChI=1S/C18H16FNO3S/c1-22-14-3-4-16-17(10-14)20-6-5-18(16)23-11-12-7-13(19)9-15(8-12)24(2)21/h3-10H,11H2,1-2H3. The Morgan fingerprint density at radius 3 is 2.75 bits per heavy atom. The number of pyridine rings is 1. The van der Waals surface area contributed by atoms with Crippen LogP contribution < -0.4 is 9.47 Å². The van der Waals surface area contributed by atoms with Crippen LogP contribution in [-0.2, 0) is 17.4 Å². The lowest BCUT2D eigenvalue weighted by Crippen LogP contribution is -1.99. The second-order valence-corrected chi connectivity index (χ2v) is 6.61. The monoisotopic (exact) mass is 345 g/mol. The van der Waals surface area contributed by atoms with Crippen LogP contribution in [0.2, 0.25) is 0 Å². The van der Waals surface area contributed by atoms with Gasteiger partial charge in [0.25, 0.3) is 0 Å². The van der Waals surface area contributed by atoms with Gasteiger partial charge < -0.3 is 9.47 Å². The largest absolute Gasteiger partial charge is 0.497 e. The molecule has 0 saturated carbocycles. The van der Waals surface area contributed by atoms with E-state index in [0.717, 1.165) is 10.9 Å². The van der Waals surface area contributed by atoms with Crippen molar-refractivity contribution in [3.63, 3.8) is 0 Å². The minimum absolute atomic E-state index is 0.174. The Labute approximate surface area is 141 Å². The molecule has 4 nitrogen and oxygen atoms in total. The number of benzene rings is 2. The molecule has 1 unspecified atom stereocenters. The van der Waals surface area contributed by atoms with E-state index in [-0.39, 0.29) is 6.61 Å². The molecule has 0 aliphatic rings. The Balaban J connectivity index is 1.87. The summed E-state index contributed by atoms with van der Waals surface area (Å²) in [7, 11) is 0.355. The molecule has 0 saturated heterocycles. The second kappa shape index (κ2) is 6.97. The van der Waals surface area contributed by atoms with Crippen molar-refractivity contribution >= 4 is 21.7 Å². The molecular formula is C18H16FNO3S. The molecule has 1 heterocycles. The minimum atomic E-state index is -1.24. The third kappa shape index (κ3) is 3.54. The van der Waals surface area contributed by atoms with Gasteiger partial charge in [-0.1, -0.05) is 0 Å². The van der Waals surface area contributed by atoms with E-state index in [1.165, 1.54) is 18.4 Å². The summed E-state index contributed by atoms with van der Waals surface area (Å²) in [5, 5.41) is 0.842. The van der Waals surface area contributed by atoms with Crippen LogP contribution in [0.4, 0.5) is 4.39 Å². The van der Waals surface area contributed by atoms with Crippen molar-refractivity contribution < 1.29 is 18.1 Å². The molecule has 1 atom stereocenters. The molecule has 0 fully saturated rings. The lowest BCUT2D eigenvalue weighted by molar-refractivity contribution is 0.309. The van der Waals surface area contributed by atoms with Crippen molar-refractivity contribution in [2.24, 2.45) is 0 Å². The Morgan fingerprint density at radius 2 is 2.00 bits per heavy atom. The quantitative estimate of drug-likeness (QED) is 0.707. The maximum atomic E-state index is 13.6. The Kier molecular flexibility index (Phi) is 4.76. The fraction of sp³-hybridized carbons (Fsp3) is 0.167. The molecular weight excluding hydrogens is 329 g/mol. The van der Waals surface area contributed by atoms with Crippen LogP contribution in [0, 0.1) is 5.82 Å². The van der Waals surface area contributed by atoms with E-state index in [0.29, 0.717) is 22.0 Å². The number of nitrogens with zero attached hydrogens (tertiary/aromatic N) is 1. The zero-order chi connectivity index (χ0) is 17.1. The number of halogens is 1. The third-order valence-corrected chi connectivity index (χ3v) is 4.47. The molecule has 2 aromatic carbocycles. The van der Waals surface area contributed by atoms with Gasteiger partial charge in [-0.05, 0) is 42.0 Å². The Bertz CT molecular complexity index is 914. The Morgan fingerprint density at radius 1 is 1.17 bits per heavy atom. The highest BCUT2D eigenvalue weighted by atomic mass is 32.2. The summed E-state index contributed by atoms with van der Waals surface area (Å²) in [5.41, 5.74) is 1.38. The fourth-order valence-corrected chi connectivity index (χ4v) is 2.98. The zero-order valence-corrected chi connectivity index (χ0v) is 14.1. The summed E-state index contributed by atoms with van der Waals surface area (Å²) in [6.45, 7) is 0.174. The molecule has 0 aliphatic heterocycles. The minimum Gasteiger partial charge on any atom is -0.497 e. The van der Waals surface area contributed by atoms with Gasteiger partial charge in [-0.2, -0.15) is 0 Å². The molecule has 0 amide bonds. The highest BCUT2D eigenvalue weighted by molar-refractivity contribution is 7.84. The first-order valence-electron chi connectivity index (χ1n) is 7.25. The Hall–Kier alpha value is -2.47. The molecule has 0 radical (unpaired) electrons. The smallest absolute Gasteiger partial charge is 0.130 e. The maximum absolute atomic E-state index is 13.6. The van der Waals surface area contributed by atoms with Gasteiger partial charge >= 0.3 is 0 Å². The van der Waals surface area contributed by atoms with Crippen molar-refractivity contribution in [3.8, 4) is 11.5 Å². The lowest BCUT2D eigenvalue weighted by atomic mass is 10.2. The molecule has 24 heavy (non-hydrogen) atoms. The number of ether oxygens (including phenoxy) is 2. The molecule has 0 spiro atoms. The highest BCUT2D eigenvalue weighted by Gasteiger charge is 2.08. The molecule has 1 aromatic heterocycles. The van der Waals surface area contributed by atoms with Gasteiger partial charge in [0, 0.05) is 39.6 Å². The molecule has 3 rings (SSSR count). The summed E-state index contributed by atoms with van der Waals surface area (Å²) in [4.78, 5) is 4.74. The second-order valence-electron chi connectivity index (χ2n) is 5.23. The topological polar surface area (TPSA) is 48.4 Å². The van der Waals surface area contributed by atoms with Crippen molar-refractivity contribution in [1.82, 2.24) is 4.98 Å². The maximum Gasteiger partial charge on any atom is 0.130 e. The predicted molar refractivity (Wildman–Crippen MR) is 91.4 cm³/mol. The van der Waals surface area contributed by atoms with E-state index < -0.39 is 16.6 Å². The molecule has 0 bridgehead atoms. The van der Waals surface area contributed by atoms with E-state index in [1.54, 1.807) is 25.4 Å². The molecule has 0 aliphatic carbocycles. The van der Waals surface area contributed by atoms with Gasteiger partial charge in [0.2, 0.25) is 0 Å². The van der Waals surface area contributed by atoms with Gasteiger partial charge in [-0.15, -0.1) is 0 Å². The number of aromatic nitrogens is 1. The van der Waals surface area contributed by atoms with Crippen molar-refractivity contribution in [3.05, 3.63) is 60.0 Å². The first kappa shape index (κ1) is 16.4. The van der Waals surface area contributed by atoms with Crippen molar-refractivity contribution in [2.75, 3.05) is 13.4 Å². The average Bonchev–Trinajstić information content (AvgIpc) is 2.58. The number of methoxy groups -OCH3 is 1. The van der Waals surface area contributed by atoms with Gasteiger partial charge in [-0.25, -0.2) is 4.39 Å². The SMILES string of the molecule is COc1ccc2c(OCc3cc(F)cc(S(C)=O)c3)ccnc2c1. The first-order chi connectivity index (χ1) is 11.6. The summed E-state index contributed by atoms with van der Waals surface area (Å²) < 4.78 is 36.2. The first-order valence-corrected chi connectivity index (χ1v) is 8.81. The fourth-order valence-electron chi connectivity index (χ4n) is 2.39. The van der Waals surface area contributed by atoms with Crippen LogP contribution in [-0.4, -0.2) is 22.6 Å². The highest BCUT2D eigenvalue weighted by Crippen LogP contribution is 2.27. The van der Waals surface area contributed by atoms with Crippen LogP contribution >= 0.6 is 0 Å². The van der Waals surface area contributed by atoms with Crippen LogP contribution in [0.15, 0.2) is 53.6 Å².